The number of fused-ring (bicyclic) bond motifs is 1. The van der Waals surface area contributed by atoms with Gasteiger partial charge in [-0.25, -0.2) is 9.59 Å². The van der Waals surface area contributed by atoms with Crippen LogP contribution in [0.1, 0.15) is 5.56 Å². The number of carbonyl (C=O) groups excluding carboxylic acids is 1. The van der Waals surface area contributed by atoms with E-state index in [4.69, 9.17) is 9.15 Å². The predicted octanol–water partition coefficient (Wildman–Crippen LogP) is 2.38. The lowest BCUT2D eigenvalue weighted by molar-refractivity contribution is -0.141. The van der Waals surface area contributed by atoms with Crippen molar-refractivity contribution >= 4 is 22.9 Å². The number of nitrogens with one attached hydrogen (secondary N) is 1. The summed E-state index contributed by atoms with van der Waals surface area (Å²) in [6.45, 7) is 0. The molecule has 0 amide bonds. The molecule has 0 spiro atoms. The standard InChI is InChI=1S/C18H16N2O4/c1-23-17(22)15(11-12-7-3-2-4-8-12)20-18-19-14-10-6-5-9-13(14)16(21)24-18/h2-10,15H,11H2,1H3,(H,19,20)/t15-/m1/s1. The summed E-state index contributed by atoms with van der Waals surface area (Å²) < 4.78 is 9.99. The van der Waals surface area contributed by atoms with Gasteiger partial charge in [0.1, 0.15) is 6.04 Å². The molecule has 3 rings (SSSR count). The summed E-state index contributed by atoms with van der Waals surface area (Å²) >= 11 is 0. The van der Waals surface area contributed by atoms with Gasteiger partial charge in [0.05, 0.1) is 18.0 Å². The molecule has 3 aromatic rings. The number of rotatable bonds is 5. The van der Waals surface area contributed by atoms with Gasteiger partial charge in [-0.3, -0.25) is 0 Å². The van der Waals surface area contributed by atoms with Gasteiger partial charge in [-0.2, -0.15) is 4.98 Å². The van der Waals surface area contributed by atoms with Crippen LogP contribution in [0.25, 0.3) is 10.9 Å². The molecular formula is C18H16N2O4. The predicted molar refractivity (Wildman–Crippen MR) is 89.9 cm³/mol. The summed E-state index contributed by atoms with van der Waals surface area (Å²) in [6, 6.07) is 15.6. The smallest absolute Gasteiger partial charge is 0.348 e. The molecule has 0 aliphatic heterocycles. The molecule has 1 atom stereocenters. The second-order valence-electron chi connectivity index (χ2n) is 5.23. The van der Waals surface area contributed by atoms with Gasteiger partial charge in [0.2, 0.25) is 0 Å². The molecule has 0 aliphatic rings. The van der Waals surface area contributed by atoms with Crippen molar-refractivity contribution in [1.29, 1.82) is 0 Å². The zero-order chi connectivity index (χ0) is 16.9. The van der Waals surface area contributed by atoms with E-state index in [0.29, 0.717) is 17.3 Å². The average molecular weight is 324 g/mol. The van der Waals surface area contributed by atoms with E-state index >= 15 is 0 Å². The number of para-hydroxylation sites is 1. The zero-order valence-electron chi connectivity index (χ0n) is 13.1. The molecule has 6 heteroatoms. The van der Waals surface area contributed by atoms with Gasteiger partial charge in [0, 0.05) is 6.42 Å². The minimum Gasteiger partial charge on any atom is -0.467 e. The van der Waals surface area contributed by atoms with Crippen molar-refractivity contribution in [2.75, 3.05) is 12.4 Å². The van der Waals surface area contributed by atoms with Crippen molar-refractivity contribution in [2.45, 2.75) is 12.5 Å². The first-order valence-electron chi connectivity index (χ1n) is 7.45. The molecule has 0 saturated heterocycles. The lowest BCUT2D eigenvalue weighted by atomic mass is 10.1. The Morgan fingerprint density at radius 3 is 2.62 bits per heavy atom. The molecule has 2 aromatic carbocycles. The Morgan fingerprint density at radius 2 is 1.88 bits per heavy atom. The molecule has 24 heavy (non-hydrogen) atoms. The Bertz CT molecular complexity index is 906. The number of hydrogen-bond acceptors (Lipinski definition) is 6. The van der Waals surface area contributed by atoms with Crippen LogP contribution in [0.15, 0.2) is 63.8 Å². The third-order valence-corrected chi connectivity index (χ3v) is 3.60. The molecule has 1 heterocycles. The van der Waals surface area contributed by atoms with Gasteiger partial charge in [-0.05, 0) is 17.7 Å². The number of aromatic nitrogens is 1. The second kappa shape index (κ2) is 6.95. The van der Waals surface area contributed by atoms with E-state index in [9.17, 15) is 9.59 Å². The number of anilines is 1. The van der Waals surface area contributed by atoms with Crippen LogP contribution in [0.2, 0.25) is 0 Å². The Kier molecular flexibility index (Phi) is 4.56. The van der Waals surface area contributed by atoms with Gasteiger partial charge in [-0.1, -0.05) is 42.5 Å². The first kappa shape index (κ1) is 15.7. The number of nitrogens with zero attached hydrogens (tertiary/aromatic N) is 1. The van der Waals surface area contributed by atoms with Crippen LogP contribution in [0.3, 0.4) is 0 Å². The molecule has 1 N–H and O–H groups in total. The van der Waals surface area contributed by atoms with Crippen molar-refractivity contribution in [3.63, 3.8) is 0 Å². The fourth-order valence-corrected chi connectivity index (χ4v) is 2.41. The largest absolute Gasteiger partial charge is 0.467 e. The summed E-state index contributed by atoms with van der Waals surface area (Å²) in [5, 5.41) is 3.25. The zero-order valence-corrected chi connectivity index (χ0v) is 13.1. The minimum absolute atomic E-state index is 0.00923. The maximum atomic E-state index is 12.0. The highest BCUT2D eigenvalue weighted by Crippen LogP contribution is 2.13. The lowest BCUT2D eigenvalue weighted by Crippen LogP contribution is -2.33. The number of methoxy groups -OCH3 is 1. The first-order chi connectivity index (χ1) is 11.7. The van der Waals surface area contributed by atoms with Crippen LogP contribution in [0.4, 0.5) is 6.01 Å². The molecule has 6 nitrogen and oxygen atoms in total. The van der Waals surface area contributed by atoms with Gasteiger partial charge >= 0.3 is 11.6 Å². The van der Waals surface area contributed by atoms with E-state index in [-0.39, 0.29) is 6.01 Å². The number of ether oxygens (including phenoxy) is 1. The molecule has 0 saturated carbocycles. The van der Waals surface area contributed by atoms with E-state index in [1.54, 1.807) is 24.3 Å². The van der Waals surface area contributed by atoms with Crippen LogP contribution in [0.5, 0.6) is 0 Å². The van der Waals surface area contributed by atoms with Crippen LogP contribution >= 0.6 is 0 Å². The van der Waals surface area contributed by atoms with Crippen molar-refractivity contribution in [3.05, 3.63) is 70.6 Å². The van der Waals surface area contributed by atoms with Crippen LogP contribution in [-0.4, -0.2) is 24.1 Å². The van der Waals surface area contributed by atoms with Gasteiger partial charge in [0.15, 0.2) is 0 Å². The molecule has 0 unspecified atom stereocenters. The van der Waals surface area contributed by atoms with E-state index < -0.39 is 17.6 Å². The first-order valence-corrected chi connectivity index (χ1v) is 7.45. The van der Waals surface area contributed by atoms with Crippen molar-refractivity contribution < 1.29 is 13.9 Å². The Labute approximate surface area is 138 Å². The molecule has 0 fully saturated rings. The normalized spacial score (nSPS) is 11.9. The fraction of sp³-hybridized carbons (Fsp3) is 0.167. The SMILES string of the molecule is COC(=O)[C@@H](Cc1ccccc1)Nc1nc2ccccc2c(=O)o1. The maximum absolute atomic E-state index is 12.0. The van der Waals surface area contributed by atoms with E-state index in [1.807, 2.05) is 30.3 Å². The number of benzene rings is 2. The number of hydrogen-bond donors (Lipinski definition) is 1. The monoisotopic (exact) mass is 324 g/mol. The molecule has 122 valence electrons. The number of carbonyl (C=O) groups is 1. The maximum Gasteiger partial charge on any atom is 0.348 e. The van der Waals surface area contributed by atoms with Crippen molar-refractivity contribution in [2.24, 2.45) is 0 Å². The highest BCUT2D eigenvalue weighted by atomic mass is 16.5. The molecule has 0 bridgehead atoms. The van der Waals surface area contributed by atoms with E-state index in [0.717, 1.165) is 5.56 Å². The Hall–Kier alpha value is -3.15. The summed E-state index contributed by atoms with van der Waals surface area (Å²) in [5.74, 6) is -0.462. The summed E-state index contributed by atoms with van der Waals surface area (Å²) in [7, 11) is 1.31. The molecule has 1 aromatic heterocycles. The third-order valence-electron chi connectivity index (χ3n) is 3.60. The van der Waals surface area contributed by atoms with E-state index in [2.05, 4.69) is 10.3 Å². The van der Waals surface area contributed by atoms with Crippen LogP contribution < -0.4 is 10.9 Å². The van der Waals surface area contributed by atoms with Crippen molar-refractivity contribution in [1.82, 2.24) is 4.98 Å². The van der Waals surface area contributed by atoms with E-state index in [1.165, 1.54) is 7.11 Å². The molecular weight excluding hydrogens is 308 g/mol. The molecule has 0 aliphatic carbocycles. The molecule has 0 radical (unpaired) electrons. The van der Waals surface area contributed by atoms with Crippen molar-refractivity contribution in [3.8, 4) is 0 Å². The summed E-state index contributed by atoms with van der Waals surface area (Å²) in [5.41, 5.74) is 0.939. The summed E-state index contributed by atoms with van der Waals surface area (Å²) in [4.78, 5) is 28.3. The third kappa shape index (κ3) is 3.43. The minimum atomic E-state index is -0.714. The Morgan fingerprint density at radius 1 is 1.17 bits per heavy atom. The van der Waals surface area contributed by atoms with Gasteiger partial charge < -0.3 is 14.5 Å². The quantitative estimate of drug-likeness (QED) is 0.726. The fourth-order valence-electron chi connectivity index (χ4n) is 2.41. The van der Waals surface area contributed by atoms with Gasteiger partial charge in [-0.15, -0.1) is 0 Å². The second-order valence-corrected chi connectivity index (χ2v) is 5.23. The highest BCUT2D eigenvalue weighted by molar-refractivity contribution is 5.80. The van der Waals surface area contributed by atoms with Crippen LogP contribution in [0, 0.1) is 0 Å². The Balaban J connectivity index is 1.90. The lowest BCUT2D eigenvalue weighted by Gasteiger charge is -2.16. The summed E-state index contributed by atoms with van der Waals surface area (Å²) in [6.07, 6.45) is 0.381. The topological polar surface area (TPSA) is 81.4 Å². The average Bonchev–Trinajstić information content (AvgIpc) is 2.61. The number of esters is 1. The highest BCUT2D eigenvalue weighted by Gasteiger charge is 2.21. The van der Waals surface area contributed by atoms with Crippen LogP contribution in [-0.2, 0) is 16.0 Å². The van der Waals surface area contributed by atoms with Gasteiger partial charge in [0.25, 0.3) is 6.01 Å².